The molecule has 0 atom stereocenters. The minimum atomic E-state index is 0.188. The average Bonchev–Trinajstić information content (AvgIpc) is 2.74. The number of hydrogen-bond acceptors (Lipinski definition) is 4. The molecule has 0 saturated heterocycles. The van der Waals surface area contributed by atoms with Gasteiger partial charge in [0.1, 0.15) is 17.7 Å². The van der Waals surface area contributed by atoms with Gasteiger partial charge >= 0.3 is 0 Å². The van der Waals surface area contributed by atoms with Crippen LogP contribution in [0.15, 0.2) is 17.0 Å². The predicted molar refractivity (Wildman–Crippen MR) is 58.8 cm³/mol. The van der Waals surface area contributed by atoms with E-state index in [0.717, 1.165) is 20.9 Å². The van der Waals surface area contributed by atoms with Crippen LogP contribution in [0.4, 0.5) is 0 Å². The SMILES string of the molecule is N#CC(C#N)=C1CC(=S)c2ccsc21. The lowest BCUT2D eigenvalue weighted by Gasteiger charge is -1.93. The van der Waals surface area contributed by atoms with Crippen molar-refractivity contribution in [3.05, 3.63) is 27.5 Å². The first-order chi connectivity index (χ1) is 6.77. The van der Waals surface area contributed by atoms with E-state index in [1.165, 1.54) is 11.3 Å². The first-order valence-electron chi connectivity index (χ1n) is 3.92. The second kappa shape index (κ2) is 3.34. The number of nitrogens with zero attached hydrogens (tertiary/aromatic N) is 2. The third-order valence-electron chi connectivity index (χ3n) is 2.10. The Labute approximate surface area is 90.7 Å². The zero-order chi connectivity index (χ0) is 10.1. The zero-order valence-corrected chi connectivity index (χ0v) is 8.71. The van der Waals surface area contributed by atoms with E-state index in [4.69, 9.17) is 22.7 Å². The van der Waals surface area contributed by atoms with Gasteiger partial charge in [-0.3, -0.25) is 0 Å². The van der Waals surface area contributed by atoms with Gasteiger partial charge in [0.25, 0.3) is 0 Å². The van der Waals surface area contributed by atoms with Crippen LogP contribution in [0.2, 0.25) is 0 Å². The third kappa shape index (κ3) is 1.17. The Morgan fingerprint density at radius 2 is 2.14 bits per heavy atom. The van der Waals surface area contributed by atoms with E-state index >= 15 is 0 Å². The Morgan fingerprint density at radius 3 is 2.79 bits per heavy atom. The Hall–Kier alpha value is -1.49. The summed E-state index contributed by atoms with van der Waals surface area (Å²) < 4.78 is 0. The molecule has 0 bridgehead atoms. The van der Waals surface area contributed by atoms with Crippen LogP contribution in [0.25, 0.3) is 5.57 Å². The molecule has 0 unspecified atom stereocenters. The summed E-state index contributed by atoms with van der Waals surface area (Å²) in [7, 11) is 0. The largest absolute Gasteiger partial charge is 0.192 e. The molecule has 1 aromatic rings. The second-order valence-electron chi connectivity index (χ2n) is 2.84. The van der Waals surface area contributed by atoms with Crippen LogP contribution < -0.4 is 0 Å². The number of nitriles is 2. The van der Waals surface area contributed by atoms with Crippen LogP contribution in [-0.4, -0.2) is 4.86 Å². The quantitative estimate of drug-likeness (QED) is 0.495. The molecule has 1 aliphatic rings. The summed E-state index contributed by atoms with van der Waals surface area (Å²) in [4.78, 5) is 1.83. The molecule has 0 N–H and O–H groups in total. The normalized spacial score (nSPS) is 13.3. The lowest BCUT2D eigenvalue weighted by atomic mass is 10.1. The summed E-state index contributed by atoms with van der Waals surface area (Å²) in [6, 6.07) is 5.77. The second-order valence-corrected chi connectivity index (χ2v) is 4.25. The number of allylic oxidation sites excluding steroid dienone is 2. The Bertz CT molecular complexity index is 507. The highest BCUT2D eigenvalue weighted by Crippen LogP contribution is 2.38. The summed E-state index contributed by atoms with van der Waals surface area (Å²) in [5.41, 5.74) is 2.00. The maximum Gasteiger partial charge on any atom is 0.134 e. The van der Waals surface area contributed by atoms with Gasteiger partial charge in [-0.25, -0.2) is 0 Å². The topological polar surface area (TPSA) is 47.6 Å². The molecule has 0 radical (unpaired) electrons. The van der Waals surface area contributed by atoms with E-state index in [2.05, 4.69) is 0 Å². The van der Waals surface area contributed by atoms with Gasteiger partial charge in [0.15, 0.2) is 0 Å². The van der Waals surface area contributed by atoms with E-state index in [1.807, 2.05) is 23.6 Å². The molecule has 0 fully saturated rings. The van der Waals surface area contributed by atoms with Crippen molar-refractivity contribution in [2.75, 3.05) is 0 Å². The summed E-state index contributed by atoms with van der Waals surface area (Å²) in [5, 5.41) is 19.5. The molecule has 1 aliphatic carbocycles. The monoisotopic (exact) mass is 216 g/mol. The minimum Gasteiger partial charge on any atom is -0.192 e. The van der Waals surface area contributed by atoms with Crippen molar-refractivity contribution < 1.29 is 0 Å². The molecule has 0 spiro atoms. The summed E-state index contributed by atoms with van der Waals surface area (Å²) in [5.74, 6) is 0. The van der Waals surface area contributed by atoms with Crippen molar-refractivity contribution in [2.24, 2.45) is 0 Å². The van der Waals surface area contributed by atoms with E-state index in [0.29, 0.717) is 6.42 Å². The molecule has 4 heteroatoms. The first-order valence-corrected chi connectivity index (χ1v) is 5.21. The van der Waals surface area contributed by atoms with Gasteiger partial charge in [-0.2, -0.15) is 10.5 Å². The Kier molecular flexibility index (Phi) is 2.17. The average molecular weight is 216 g/mol. The smallest absolute Gasteiger partial charge is 0.134 e. The van der Waals surface area contributed by atoms with Gasteiger partial charge in [-0.15, -0.1) is 11.3 Å². The summed E-state index contributed by atoms with van der Waals surface area (Å²) >= 11 is 6.71. The molecular weight excluding hydrogens is 212 g/mol. The van der Waals surface area contributed by atoms with Gasteiger partial charge in [0.2, 0.25) is 0 Å². The fourth-order valence-electron chi connectivity index (χ4n) is 1.46. The van der Waals surface area contributed by atoms with Gasteiger partial charge in [0.05, 0.1) is 0 Å². The lowest BCUT2D eigenvalue weighted by Crippen LogP contribution is -1.86. The van der Waals surface area contributed by atoms with Crippen molar-refractivity contribution in [2.45, 2.75) is 6.42 Å². The number of thiophene rings is 1. The molecule has 1 heterocycles. The predicted octanol–water partition coefficient (Wildman–Crippen LogP) is 2.67. The fourth-order valence-corrected chi connectivity index (χ4v) is 2.81. The van der Waals surface area contributed by atoms with E-state index in [-0.39, 0.29) is 5.57 Å². The molecule has 14 heavy (non-hydrogen) atoms. The molecule has 1 aromatic heterocycles. The van der Waals surface area contributed by atoms with Crippen LogP contribution >= 0.6 is 23.6 Å². The van der Waals surface area contributed by atoms with E-state index in [9.17, 15) is 0 Å². The molecular formula is C10H4N2S2. The van der Waals surface area contributed by atoms with Crippen LogP contribution in [-0.2, 0) is 0 Å². The maximum atomic E-state index is 8.77. The third-order valence-corrected chi connectivity index (χ3v) is 3.44. The molecule has 0 aromatic carbocycles. The Balaban J connectivity index is 2.68. The number of rotatable bonds is 0. The highest BCUT2D eigenvalue weighted by atomic mass is 32.1. The summed E-state index contributed by atoms with van der Waals surface area (Å²) in [6.45, 7) is 0. The molecule has 0 amide bonds. The number of fused-ring (bicyclic) bond motifs is 1. The molecule has 2 rings (SSSR count). The van der Waals surface area contributed by atoms with Crippen molar-refractivity contribution in [1.29, 1.82) is 10.5 Å². The lowest BCUT2D eigenvalue weighted by molar-refractivity contribution is 1.45. The van der Waals surface area contributed by atoms with Crippen molar-refractivity contribution >= 4 is 34.0 Å². The highest BCUT2D eigenvalue weighted by molar-refractivity contribution is 7.81. The van der Waals surface area contributed by atoms with E-state index in [1.54, 1.807) is 0 Å². The first kappa shape index (κ1) is 9.08. The number of hydrogen-bond donors (Lipinski definition) is 0. The van der Waals surface area contributed by atoms with Crippen molar-refractivity contribution in [3.63, 3.8) is 0 Å². The van der Waals surface area contributed by atoms with E-state index < -0.39 is 0 Å². The molecule has 2 nitrogen and oxygen atoms in total. The van der Waals surface area contributed by atoms with Gasteiger partial charge < -0.3 is 0 Å². The van der Waals surface area contributed by atoms with Gasteiger partial charge in [-0.05, 0) is 11.4 Å². The summed E-state index contributed by atoms with van der Waals surface area (Å²) in [6.07, 6.45) is 0.563. The molecule has 0 saturated carbocycles. The van der Waals surface area contributed by atoms with Crippen molar-refractivity contribution in [1.82, 2.24) is 0 Å². The zero-order valence-electron chi connectivity index (χ0n) is 7.07. The Morgan fingerprint density at radius 1 is 1.43 bits per heavy atom. The van der Waals surface area contributed by atoms with Gasteiger partial charge in [-0.1, -0.05) is 12.2 Å². The standard InChI is InChI=1S/C10H4N2S2/c11-4-6(5-12)8-3-9(13)7-1-2-14-10(7)8/h1-2H,3H2. The fraction of sp³-hybridized carbons (Fsp3) is 0.100. The number of thiocarbonyl (C=S) groups is 1. The van der Waals surface area contributed by atoms with Crippen molar-refractivity contribution in [3.8, 4) is 12.1 Å². The van der Waals surface area contributed by atoms with Crippen LogP contribution in [0.3, 0.4) is 0 Å². The maximum absolute atomic E-state index is 8.77. The van der Waals surface area contributed by atoms with Crippen LogP contribution in [0, 0.1) is 22.7 Å². The minimum absolute atomic E-state index is 0.188. The molecule has 0 aliphatic heterocycles. The van der Waals surface area contributed by atoms with Crippen LogP contribution in [0.5, 0.6) is 0 Å². The van der Waals surface area contributed by atoms with Crippen LogP contribution in [0.1, 0.15) is 16.9 Å². The highest BCUT2D eigenvalue weighted by Gasteiger charge is 2.25. The van der Waals surface area contributed by atoms with Gasteiger partial charge in [0, 0.05) is 27.3 Å². The molecule has 66 valence electrons.